The molecule has 3 N–H and O–H groups in total. The van der Waals surface area contributed by atoms with Gasteiger partial charge in [0.1, 0.15) is 0 Å². The van der Waals surface area contributed by atoms with Gasteiger partial charge in [-0.2, -0.15) is 11.3 Å². The van der Waals surface area contributed by atoms with Crippen LogP contribution in [0.15, 0.2) is 16.8 Å². The number of urea groups is 1. The summed E-state index contributed by atoms with van der Waals surface area (Å²) in [5.41, 5.74) is 1.09. The predicted molar refractivity (Wildman–Crippen MR) is 63.3 cm³/mol. The van der Waals surface area contributed by atoms with Crippen molar-refractivity contribution in [3.05, 3.63) is 22.4 Å². The van der Waals surface area contributed by atoms with Crippen molar-refractivity contribution in [2.45, 2.75) is 19.4 Å². The molecule has 0 bridgehead atoms. The topological polar surface area (TPSA) is 61.4 Å². The summed E-state index contributed by atoms with van der Waals surface area (Å²) in [6, 6.07) is 1.83. The number of amides is 2. The summed E-state index contributed by atoms with van der Waals surface area (Å²) >= 11 is 1.62. The fourth-order valence-electron chi connectivity index (χ4n) is 1.47. The lowest BCUT2D eigenvalue weighted by Gasteiger charge is -2.13. The lowest BCUT2D eigenvalue weighted by molar-refractivity contribution is 0.203. The van der Waals surface area contributed by atoms with Crippen molar-refractivity contribution in [1.82, 2.24) is 10.6 Å². The molecule has 1 aromatic rings. The van der Waals surface area contributed by atoms with Crippen molar-refractivity contribution >= 4 is 17.4 Å². The third kappa shape index (κ3) is 2.96. The van der Waals surface area contributed by atoms with E-state index in [1.165, 1.54) is 0 Å². The van der Waals surface area contributed by atoms with Gasteiger partial charge in [0.2, 0.25) is 0 Å². The van der Waals surface area contributed by atoms with Crippen LogP contribution in [-0.4, -0.2) is 24.3 Å². The Balaban J connectivity index is 1.65. The van der Waals surface area contributed by atoms with Gasteiger partial charge in [-0.05, 0) is 35.2 Å². The molecule has 1 aliphatic rings. The lowest BCUT2D eigenvalue weighted by atomic mass is 10.1. The zero-order chi connectivity index (χ0) is 11.4. The van der Waals surface area contributed by atoms with Gasteiger partial charge in [0, 0.05) is 18.5 Å². The summed E-state index contributed by atoms with van der Waals surface area (Å²) in [5.74, 6) is 0. The van der Waals surface area contributed by atoms with Gasteiger partial charge in [-0.25, -0.2) is 4.79 Å². The minimum atomic E-state index is -0.161. The van der Waals surface area contributed by atoms with E-state index in [1.807, 2.05) is 16.8 Å². The summed E-state index contributed by atoms with van der Waals surface area (Å²) in [5, 5.41) is 18.7. The van der Waals surface area contributed by atoms with Crippen LogP contribution in [0.1, 0.15) is 18.4 Å². The molecule has 1 fully saturated rings. The Labute approximate surface area is 98.7 Å². The summed E-state index contributed by atoms with van der Waals surface area (Å²) < 4.78 is 0. The van der Waals surface area contributed by atoms with E-state index >= 15 is 0 Å². The highest BCUT2D eigenvalue weighted by molar-refractivity contribution is 7.07. The maximum atomic E-state index is 11.4. The van der Waals surface area contributed by atoms with Crippen LogP contribution in [0.2, 0.25) is 0 Å². The maximum absolute atomic E-state index is 11.4. The van der Waals surface area contributed by atoms with Crippen LogP contribution in [0.5, 0.6) is 0 Å². The highest BCUT2D eigenvalue weighted by atomic mass is 32.1. The first kappa shape index (κ1) is 11.4. The Kier molecular flexibility index (Phi) is 3.46. The predicted octanol–water partition coefficient (Wildman–Crippen LogP) is 1.32. The van der Waals surface area contributed by atoms with E-state index < -0.39 is 0 Å². The molecule has 0 saturated heterocycles. The first-order chi connectivity index (χ1) is 7.74. The average molecular weight is 240 g/mol. The number of thiophene rings is 1. The molecule has 2 rings (SSSR count). The number of nitrogens with one attached hydrogen (secondary N) is 2. The molecule has 0 spiro atoms. The Morgan fingerprint density at radius 3 is 2.88 bits per heavy atom. The Bertz CT molecular complexity index is 347. The number of aliphatic hydroxyl groups is 1. The second-order valence-corrected chi connectivity index (χ2v) is 5.11. The second-order valence-electron chi connectivity index (χ2n) is 4.33. The van der Waals surface area contributed by atoms with E-state index in [0.29, 0.717) is 13.1 Å². The molecule has 2 amide bonds. The smallest absolute Gasteiger partial charge is 0.315 e. The van der Waals surface area contributed by atoms with Crippen LogP contribution in [0.4, 0.5) is 4.79 Å². The average Bonchev–Trinajstić information content (AvgIpc) is 2.90. The van der Waals surface area contributed by atoms with Crippen LogP contribution in [0, 0.1) is 5.41 Å². The first-order valence-corrected chi connectivity index (χ1v) is 6.32. The maximum Gasteiger partial charge on any atom is 0.315 e. The number of carbonyl (C=O) groups is 1. The van der Waals surface area contributed by atoms with Crippen molar-refractivity contribution in [2.24, 2.45) is 5.41 Å². The van der Waals surface area contributed by atoms with Crippen LogP contribution in [-0.2, 0) is 6.54 Å². The van der Waals surface area contributed by atoms with Gasteiger partial charge in [0.25, 0.3) is 0 Å². The molecule has 16 heavy (non-hydrogen) atoms. The quantitative estimate of drug-likeness (QED) is 0.727. The van der Waals surface area contributed by atoms with Gasteiger partial charge in [-0.15, -0.1) is 0 Å². The number of rotatable bonds is 5. The van der Waals surface area contributed by atoms with Crippen LogP contribution < -0.4 is 10.6 Å². The number of aliphatic hydroxyl groups excluding tert-OH is 1. The molecule has 1 saturated carbocycles. The fourth-order valence-corrected chi connectivity index (χ4v) is 2.14. The number of hydrogen-bond acceptors (Lipinski definition) is 3. The fraction of sp³-hybridized carbons (Fsp3) is 0.545. The molecular formula is C11H16N2O2S. The van der Waals surface area contributed by atoms with Crippen LogP contribution in [0.25, 0.3) is 0 Å². The first-order valence-electron chi connectivity index (χ1n) is 5.38. The standard InChI is InChI=1S/C11H16N2O2S/c14-8-11(2-3-11)7-13-10(15)12-5-9-1-4-16-6-9/h1,4,6,14H,2-3,5,7-8H2,(H2,12,13,15). The van der Waals surface area contributed by atoms with E-state index in [4.69, 9.17) is 5.11 Å². The van der Waals surface area contributed by atoms with Crippen molar-refractivity contribution in [3.8, 4) is 0 Å². The van der Waals surface area contributed by atoms with Gasteiger partial charge in [-0.1, -0.05) is 0 Å². The van der Waals surface area contributed by atoms with Gasteiger partial charge in [0.05, 0.1) is 6.61 Å². The molecule has 1 heterocycles. The SMILES string of the molecule is O=C(NCc1ccsc1)NCC1(CO)CC1. The Morgan fingerprint density at radius 1 is 1.50 bits per heavy atom. The van der Waals surface area contributed by atoms with Crippen molar-refractivity contribution in [1.29, 1.82) is 0 Å². The summed E-state index contributed by atoms with van der Waals surface area (Å²) in [7, 11) is 0. The number of carbonyl (C=O) groups excluding carboxylic acids is 1. The summed E-state index contributed by atoms with van der Waals surface area (Å²) in [6.45, 7) is 1.29. The van der Waals surface area contributed by atoms with E-state index in [9.17, 15) is 4.79 Å². The van der Waals surface area contributed by atoms with Crippen molar-refractivity contribution in [3.63, 3.8) is 0 Å². The van der Waals surface area contributed by atoms with E-state index in [-0.39, 0.29) is 18.1 Å². The second kappa shape index (κ2) is 4.84. The van der Waals surface area contributed by atoms with Gasteiger partial charge in [0.15, 0.2) is 0 Å². The third-order valence-corrected chi connectivity index (χ3v) is 3.68. The van der Waals surface area contributed by atoms with E-state index in [1.54, 1.807) is 11.3 Å². The zero-order valence-electron chi connectivity index (χ0n) is 9.03. The zero-order valence-corrected chi connectivity index (χ0v) is 9.85. The summed E-state index contributed by atoms with van der Waals surface area (Å²) in [4.78, 5) is 11.4. The number of hydrogen-bond donors (Lipinski definition) is 3. The Morgan fingerprint density at radius 2 is 2.31 bits per heavy atom. The summed E-state index contributed by atoms with van der Waals surface area (Å²) in [6.07, 6.45) is 2.02. The third-order valence-electron chi connectivity index (χ3n) is 2.95. The molecule has 4 nitrogen and oxygen atoms in total. The highest BCUT2D eigenvalue weighted by Gasteiger charge is 2.41. The van der Waals surface area contributed by atoms with Crippen molar-refractivity contribution < 1.29 is 9.90 Å². The molecule has 0 unspecified atom stereocenters. The normalized spacial score (nSPS) is 16.8. The van der Waals surface area contributed by atoms with E-state index in [2.05, 4.69) is 10.6 Å². The minimum Gasteiger partial charge on any atom is -0.396 e. The molecule has 0 radical (unpaired) electrons. The molecule has 0 aromatic carbocycles. The van der Waals surface area contributed by atoms with Gasteiger partial charge >= 0.3 is 6.03 Å². The molecule has 0 aliphatic heterocycles. The molecule has 5 heteroatoms. The lowest BCUT2D eigenvalue weighted by Crippen LogP contribution is -2.39. The molecule has 1 aromatic heterocycles. The molecule has 88 valence electrons. The van der Waals surface area contributed by atoms with Crippen LogP contribution in [0.3, 0.4) is 0 Å². The minimum absolute atomic E-state index is 0.0281. The van der Waals surface area contributed by atoms with Crippen molar-refractivity contribution in [2.75, 3.05) is 13.2 Å². The molecular weight excluding hydrogens is 224 g/mol. The highest BCUT2D eigenvalue weighted by Crippen LogP contribution is 2.44. The largest absolute Gasteiger partial charge is 0.396 e. The Hall–Kier alpha value is -1.07. The monoisotopic (exact) mass is 240 g/mol. The van der Waals surface area contributed by atoms with Gasteiger partial charge in [-0.3, -0.25) is 0 Å². The van der Waals surface area contributed by atoms with Gasteiger partial charge < -0.3 is 15.7 Å². The molecule has 1 aliphatic carbocycles. The van der Waals surface area contributed by atoms with Crippen LogP contribution >= 0.6 is 11.3 Å². The molecule has 0 atom stereocenters. The van der Waals surface area contributed by atoms with E-state index in [0.717, 1.165) is 18.4 Å².